The molecule has 2 rings (SSSR count). The first kappa shape index (κ1) is 10.7. The molecule has 0 atom stereocenters. The molecule has 0 spiro atoms. The van der Waals surface area contributed by atoms with Gasteiger partial charge in [-0.25, -0.2) is 0 Å². The van der Waals surface area contributed by atoms with E-state index in [1.165, 1.54) is 49.7 Å². The van der Waals surface area contributed by atoms with Crippen LogP contribution in [0.3, 0.4) is 0 Å². The zero-order chi connectivity index (χ0) is 10.5. The fourth-order valence-corrected chi connectivity index (χ4v) is 2.54. The standard InChI is InChI=1S/C14H21N/c15-11-12-7-9-14(10-8-12)13-5-3-1-2-4-6-13/h7-10,13H,1-6,11,15H2. The lowest BCUT2D eigenvalue weighted by atomic mass is 9.91. The summed E-state index contributed by atoms with van der Waals surface area (Å²) >= 11 is 0. The lowest BCUT2D eigenvalue weighted by molar-refractivity contribution is 0.592. The molecular weight excluding hydrogens is 182 g/mol. The minimum Gasteiger partial charge on any atom is -0.326 e. The number of hydrogen-bond donors (Lipinski definition) is 1. The highest BCUT2D eigenvalue weighted by Crippen LogP contribution is 2.31. The van der Waals surface area contributed by atoms with E-state index in [1.807, 2.05) is 0 Å². The molecular formula is C14H21N. The molecule has 0 unspecified atom stereocenters. The molecule has 0 bridgehead atoms. The highest BCUT2D eigenvalue weighted by atomic mass is 14.5. The van der Waals surface area contributed by atoms with Crippen molar-refractivity contribution < 1.29 is 0 Å². The molecule has 2 N–H and O–H groups in total. The number of rotatable bonds is 2. The first-order valence-electron chi connectivity index (χ1n) is 6.19. The molecule has 0 radical (unpaired) electrons. The first-order chi connectivity index (χ1) is 7.40. The lowest BCUT2D eigenvalue weighted by Gasteiger charge is -2.14. The maximum Gasteiger partial charge on any atom is 0.0178 e. The lowest BCUT2D eigenvalue weighted by Crippen LogP contribution is -1.99. The van der Waals surface area contributed by atoms with Crippen molar-refractivity contribution in [2.45, 2.75) is 51.0 Å². The molecule has 1 fully saturated rings. The van der Waals surface area contributed by atoms with Gasteiger partial charge in [-0.15, -0.1) is 0 Å². The zero-order valence-corrected chi connectivity index (χ0v) is 9.41. The summed E-state index contributed by atoms with van der Waals surface area (Å²) in [5.74, 6) is 0.805. The second-order valence-electron chi connectivity index (χ2n) is 4.63. The van der Waals surface area contributed by atoms with Gasteiger partial charge in [-0.2, -0.15) is 0 Å². The van der Waals surface area contributed by atoms with E-state index in [0.717, 1.165) is 5.92 Å². The average Bonchev–Trinajstić information content (AvgIpc) is 2.58. The van der Waals surface area contributed by atoms with Crippen molar-refractivity contribution in [2.75, 3.05) is 0 Å². The second kappa shape index (κ2) is 5.32. The van der Waals surface area contributed by atoms with E-state index in [0.29, 0.717) is 6.54 Å². The van der Waals surface area contributed by atoms with E-state index in [9.17, 15) is 0 Å². The molecule has 1 aliphatic carbocycles. The van der Waals surface area contributed by atoms with Crippen LogP contribution in [0.25, 0.3) is 0 Å². The topological polar surface area (TPSA) is 26.0 Å². The van der Waals surface area contributed by atoms with E-state index in [4.69, 9.17) is 5.73 Å². The van der Waals surface area contributed by atoms with E-state index in [2.05, 4.69) is 24.3 Å². The van der Waals surface area contributed by atoms with Gasteiger partial charge in [0.25, 0.3) is 0 Å². The summed E-state index contributed by atoms with van der Waals surface area (Å²) in [4.78, 5) is 0. The Hall–Kier alpha value is -0.820. The van der Waals surface area contributed by atoms with Gasteiger partial charge in [-0.1, -0.05) is 49.9 Å². The van der Waals surface area contributed by atoms with Gasteiger partial charge in [0.15, 0.2) is 0 Å². The molecule has 1 nitrogen and oxygen atoms in total. The average molecular weight is 203 g/mol. The highest BCUT2D eigenvalue weighted by molar-refractivity contribution is 5.25. The molecule has 0 saturated heterocycles. The van der Waals surface area contributed by atoms with Crippen molar-refractivity contribution in [1.82, 2.24) is 0 Å². The molecule has 0 aromatic heterocycles. The van der Waals surface area contributed by atoms with E-state index >= 15 is 0 Å². The fraction of sp³-hybridized carbons (Fsp3) is 0.571. The van der Waals surface area contributed by atoms with Crippen LogP contribution in [0, 0.1) is 0 Å². The normalized spacial score (nSPS) is 18.7. The SMILES string of the molecule is NCc1ccc(C2CCCCCC2)cc1. The summed E-state index contributed by atoms with van der Waals surface area (Å²) < 4.78 is 0. The van der Waals surface area contributed by atoms with Crippen LogP contribution in [0.4, 0.5) is 0 Å². The van der Waals surface area contributed by atoms with Crippen LogP contribution in [0.5, 0.6) is 0 Å². The Morgan fingerprint density at radius 2 is 1.53 bits per heavy atom. The second-order valence-corrected chi connectivity index (χ2v) is 4.63. The Kier molecular flexibility index (Phi) is 3.79. The number of hydrogen-bond acceptors (Lipinski definition) is 1. The largest absolute Gasteiger partial charge is 0.326 e. The molecule has 15 heavy (non-hydrogen) atoms. The third-order valence-electron chi connectivity index (χ3n) is 3.54. The summed E-state index contributed by atoms with van der Waals surface area (Å²) in [5.41, 5.74) is 8.37. The molecule has 1 saturated carbocycles. The Labute approximate surface area is 92.7 Å². The van der Waals surface area contributed by atoms with Gasteiger partial charge in [-0.3, -0.25) is 0 Å². The van der Waals surface area contributed by atoms with Gasteiger partial charge in [0.2, 0.25) is 0 Å². The maximum absolute atomic E-state index is 5.60. The summed E-state index contributed by atoms with van der Waals surface area (Å²) in [7, 11) is 0. The molecule has 0 amide bonds. The smallest absolute Gasteiger partial charge is 0.0178 e. The maximum atomic E-state index is 5.60. The molecule has 1 heteroatoms. The van der Waals surface area contributed by atoms with Crippen LogP contribution in [0.2, 0.25) is 0 Å². The van der Waals surface area contributed by atoms with Crippen LogP contribution in [-0.4, -0.2) is 0 Å². The van der Waals surface area contributed by atoms with Crippen LogP contribution < -0.4 is 5.73 Å². The Morgan fingerprint density at radius 1 is 0.933 bits per heavy atom. The van der Waals surface area contributed by atoms with Crippen molar-refractivity contribution in [3.63, 3.8) is 0 Å². The number of benzene rings is 1. The third kappa shape index (κ3) is 2.82. The molecule has 1 aliphatic rings. The van der Waals surface area contributed by atoms with Crippen LogP contribution in [-0.2, 0) is 6.54 Å². The monoisotopic (exact) mass is 203 g/mol. The molecule has 0 heterocycles. The predicted molar refractivity (Wildman–Crippen MR) is 64.8 cm³/mol. The van der Waals surface area contributed by atoms with Gasteiger partial charge in [0, 0.05) is 6.54 Å². The van der Waals surface area contributed by atoms with Crippen molar-refractivity contribution >= 4 is 0 Å². The van der Waals surface area contributed by atoms with Crippen molar-refractivity contribution in [1.29, 1.82) is 0 Å². The van der Waals surface area contributed by atoms with Crippen molar-refractivity contribution in [2.24, 2.45) is 5.73 Å². The van der Waals surface area contributed by atoms with Crippen LogP contribution >= 0.6 is 0 Å². The summed E-state index contributed by atoms with van der Waals surface area (Å²) in [6.07, 6.45) is 8.42. The Morgan fingerprint density at radius 3 is 2.07 bits per heavy atom. The molecule has 0 aliphatic heterocycles. The molecule has 1 aromatic carbocycles. The minimum absolute atomic E-state index is 0.658. The third-order valence-corrected chi connectivity index (χ3v) is 3.54. The highest BCUT2D eigenvalue weighted by Gasteiger charge is 2.13. The summed E-state index contributed by atoms with van der Waals surface area (Å²) in [6.45, 7) is 0.658. The molecule has 82 valence electrons. The summed E-state index contributed by atoms with van der Waals surface area (Å²) in [6, 6.07) is 8.91. The van der Waals surface area contributed by atoms with E-state index < -0.39 is 0 Å². The van der Waals surface area contributed by atoms with E-state index in [-0.39, 0.29) is 0 Å². The van der Waals surface area contributed by atoms with Gasteiger partial charge in [0.1, 0.15) is 0 Å². The van der Waals surface area contributed by atoms with Gasteiger partial charge < -0.3 is 5.73 Å². The fourth-order valence-electron chi connectivity index (χ4n) is 2.54. The summed E-state index contributed by atoms with van der Waals surface area (Å²) in [5, 5.41) is 0. The van der Waals surface area contributed by atoms with Gasteiger partial charge >= 0.3 is 0 Å². The Balaban J connectivity index is 2.06. The zero-order valence-electron chi connectivity index (χ0n) is 9.41. The minimum atomic E-state index is 0.658. The number of nitrogens with two attached hydrogens (primary N) is 1. The van der Waals surface area contributed by atoms with Crippen molar-refractivity contribution in [3.8, 4) is 0 Å². The van der Waals surface area contributed by atoms with Crippen LogP contribution in [0.15, 0.2) is 24.3 Å². The van der Waals surface area contributed by atoms with E-state index in [1.54, 1.807) is 0 Å². The van der Waals surface area contributed by atoms with Gasteiger partial charge in [0.05, 0.1) is 0 Å². The first-order valence-corrected chi connectivity index (χ1v) is 6.19. The van der Waals surface area contributed by atoms with Gasteiger partial charge in [-0.05, 0) is 29.9 Å². The quantitative estimate of drug-likeness (QED) is 0.730. The van der Waals surface area contributed by atoms with Crippen molar-refractivity contribution in [3.05, 3.63) is 35.4 Å². The predicted octanol–water partition coefficient (Wildman–Crippen LogP) is 3.58. The Bertz CT molecular complexity index is 281. The van der Waals surface area contributed by atoms with Crippen LogP contribution in [0.1, 0.15) is 55.6 Å². The molecule has 1 aromatic rings.